The van der Waals surface area contributed by atoms with Crippen LogP contribution >= 0.6 is 0 Å². The van der Waals surface area contributed by atoms with Gasteiger partial charge in [0.25, 0.3) is 11.8 Å². The molecule has 1 heterocycles. The Labute approximate surface area is 177 Å². The first-order valence-corrected chi connectivity index (χ1v) is 9.58. The molecule has 0 unspecified atom stereocenters. The fourth-order valence-electron chi connectivity index (χ4n) is 3.03. The topological polar surface area (TPSA) is 80.6 Å². The first-order valence-electron chi connectivity index (χ1n) is 9.58. The van der Waals surface area contributed by atoms with Gasteiger partial charge in [-0.3, -0.25) is 9.59 Å². The van der Waals surface area contributed by atoms with Crippen LogP contribution in [0.25, 0.3) is 11.0 Å². The van der Waals surface area contributed by atoms with Crippen molar-refractivity contribution in [3.8, 4) is 5.75 Å². The Kier molecular flexibility index (Phi) is 5.66. The molecule has 7 heteroatoms. The average molecular weight is 418 g/mol. The molecule has 0 atom stereocenters. The summed E-state index contributed by atoms with van der Waals surface area (Å²) in [5.41, 5.74) is 1.69. The van der Waals surface area contributed by atoms with Crippen molar-refractivity contribution in [1.29, 1.82) is 0 Å². The van der Waals surface area contributed by atoms with Gasteiger partial charge in [0.15, 0.2) is 6.61 Å². The summed E-state index contributed by atoms with van der Waals surface area (Å²) in [6.45, 7) is 1.70. The van der Waals surface area contributed by atoms with E-state index in [9.17, 15) is 14.0 Å². The van der Waals surface area contributed by atoms with Crippen LogP contribution in [0.2, 0.25) is 0 Å². The number of para-hydroxylation sites is 2. The number of fused-ring (bicyclic) bond motifs is 1. The van der Waals surface area contributed by atoms with Gasteiger partial charge in [-0.2, -0.15) is 0 Å². The molecule has 3 aromatic carbocycles. The lowest BCUT2D eigenvalue weighted by molar-refractivity contribution is -0.118. The minimum Gasteiger partial charge on any atom is -0.484 e. The second-order valence-corrected chi connectivity index (χ2v) is 6.89. The van der Waals surface area contributed by atoms with Crippen LogP contribution in [-0.4, -0.2) is 18.4 Å². The third-order valence-electron chi connectivity index (χ3n) is 4.58. The molecule has 0 aliphatic rings. The van der Waals surface area contributed by atoms with Gasteiger partial charge in [0.1, 0.15) is 22.8 Å². The maximum atomic E-state index is 13.9. The smallest absolute Gasteiger partial charge is 0.293 e. The molecule has 2 amide bonds. The molecule has 31 heavy (non-hydrogen) atoms. The molecule has 0 spiro atoms. The van der Waals surface area contributed by atoms with E-state index in [2.05, 4.69) is 10.6 Å². The van der Waals surface area contributed by atoms with Crippen molar-refractivity contribution in [3.63, 3.8) is 0 Å². The summed E-state index contributed by atoms with van der Waals surface area (Å²) in [6, 6.07) is 20.0. The molecule has 4 rings (SSSR count). The summed E-state index contributed by atoms with van der Waals surface area (Å²) in [4.78, 5) is 25.3. The third-order valence-corrected chi connectivity index (χ3v) is 4.58. The minimum atomic E-state index is -0.684. The number of hydrogen-bond donors (Lipinski definition) is 2. The van der Waals surface area contributed by atoms with Gasteiger partial charge in [0.05, 0.1) is 5.69 Å². The Morgan fingerprint density at radius 1 is 0.935 bits per heavy atom. The maximum absolute atomic E-state index is 13.9. The van der Waals surface area contributed by atoms with Gasteiger partial charge in [0, 0.05) is 5.39 Å². The highest BCUT2D eigenvalue weighted by atomic mass is 19.1. The Balaban J connectivity index is 1.56. The molecule has 0 fully saturated rings. The molecule has 0 saturated carbocycles. The lowest BCUT2D eigenvalue weighted by Gasteiger charge is -2.09. The molecule has 6 nitrogen and oxygen atoms in total. The zero-order valence-electron chi connectivity index (χ0n) is 16.6. The molecular formula is C24H19FN2O4. The van der Waals surface area contributed by atoms with Crippen LogP contribution in [0.15, 0.2) is 77.2 Å². The van der Waals surface area contributed by atoms with Gasteiger partial charge in [-0.1, -0.05) is 42.0 Å². The predicted molar refractivity (Wildman–Crippen MR) is 116 cm³/mol. The second-order valence-electron chi connectivity index (χ2n) is 6.89. The number of halogens is 1. The Hall–Kier alpha value is -4.13. The highest BCUT2D eigenvalue weighted by Gasteiger charge is 2.23. The number of rotatable bonds is 6. The van der Waals surface area contributed by atoms with Gasteiger partial charge in [-0.15, -0.1) is 0 Å². The van der Waals surface area contributed by atoms with Crippen molar-refractivity contribution >= 4 is 34.2 Å². The number of amides is 2. The van der Waals surface area contributed by atoms with Crippen molar-refractivity contribution in [2.24, 2.45) is 0 Å². The number of nitrogens with one attached hydrogen (secondary N) is 2. The molecule has 1 aromatic heterocycles. The standard InChI is InChI=1S/C24H19FN2O4/c1-15-10-12-16(13-11-15)30-14-21(28)27-22-17-6-2-5-9-20(17)31-23(22)24(29)26-19-8-4-3-7-18(19)25/h2-13H,14H2,1H3,(H,26,29)(H,27,28). The van der Waals surface area contributed by atoms with Crippen molar-refractivity contribution in [2.75, 3.05) is 17.2 Å². The number of aryl methyl sites for hydroxylation is 1. The number of anilines is 2. The van der Waals surface area contributed by atoms with Gasteiger partial charge in [-0.25, -0.2) is 4.39 Å². The number of furan rings is 1. The summed E-state index contributed by atoms with van der Waals surface area (Å²) in [7, 11) is 0. The number of carbonyl (C=O) groups is 2. The molecule has 0 saturated heterocycles. The number of ether oxygens (including phenoxy) is 1. The van der Waals surface area contributed by atoms with Crippen molar-refractivity contribution < 1.29 is 23.1 Å². The number of benzene rings is 3. The predicted octanol–water partition coefficient (Wildman–Crippen LogP) is 5.15. The lowest BCUT2D eigenvalue weighted by Crippen LogP contribution is -2.22. The maximum Gasteiger partial charge on any atom is 0.293 e. The first-order chi connectivity index (χ1) is 15.0. The van der Waals surface area contributed by atoms with E-state index in [0.29, 0.717) is 16.7 Å². The van der Waals surface area contributed by atoms with E-state index < -0.39 is 17.6 Å². The van der Waals surface area contributed by atoms with E-state index in [1.807, 2.05) is 19.1 Å². The Morgan fingerprint density at radius 2 is 1.65 bits per heavy atom. The van der Waals surface area contributed by atoms with Crippen LogP contribution in [0.1, 0.15) is 16.1 Å². The second kappa shape index (κ2) is 8.71. The zero-order valence-corrected chi connectivity index (χ0v) is 16.6. The van der Waals surface area contributed by atoms with Gasteiger partial charge in [0.2, 0.25) is 5.76 Å². The summed E-state index contributed by atoms with van der Waals surface area (Å²) in [5.74, 6) is -1.31. The SMILES string of the molecule is Cc1ccc(OCC(=O)Nc2c(C(=O)Nc3ccccc3F)oc3ccccc23)cc1. The lowest BCUT2D eigenvalue weighted by atomic mass is 10.2. The van der Waals surface area contributed by atoms with Crippen LogP contribution in [0, 0.1) is 12.7 Å². The molecule has 0 aliphatic heterocycles. The molecular weight excluding hydrogens is 399 g/mol. The fraction of sp³-hybridized carbons (Fsp3) is 0.0833. The summed E-state index contributed by atoms with van der Waals surface area (Å²) >= 11 is 0. The first kappa shape index (κ1) is 20.2. The van der Waals surface area contributed by atoms with E-state index in [-0.39, 0.29) is 23.7 Å². The van der Waals surface area contributed by atoms with Gasteiger partial charge < -0.3 is 19.8 Å². The van der Waals surface area contributed by atoms with E-state index in [1.165, 1.54) is 18.2 Å². The Bertz CT molecular complexity index is 1250. The molecule has 2 N–H and O–H groups in total. The van der Waals surface area contributed by atoms with Crippen molar-refractivity contribution in [1.82, 2.24) is 0 Å². The normalized spacial score (nSPS) is 10.6. The van der Waals surface area contributed by atoms with Crippen LogP contribution < -0.4 is 15.4 Å². The van der Waals surface area contributed by atoms with Crippen LogP contribution in [0.3, 0.4) is 0 Å². The summed E-state index contributed by atoms with van der Waals surface area (Å²) in [5, 5.41) is 5.70. The largest absolute Gasteiger partial charge is 0.484 e. The summed E-state index contributed by atoms with van der Waals surface area (Å²) in [6.07, 6.45) is 0. The molecule has 156 valence electrons. The average Bonchev–Trinajstić information content (AvgIpc) is 3.13. The third kappa shape index (κ3) is 4.56. The van der Waals surface area contributed by atoms with E-state index in [4.69, 9.17) is 9.15 Å². The highest BCUT2D eigenvalue weighted by Crippen LogP contribution is 2.31. The number of hydrogen-bond acceptors (Lipinski definition) is 4. The molecule has 4 aromatic rings. The quantitative estimate of drug-likeness (QED) is 0.454. The van der Waals surface area contributed by atoms with Crippen LogP contribution in [-0.2, 0) is 4.79 Å². The van der Waals surface area contributed by atoms with Gasteiger partial charge in [-0.05, 0) is 43.3 Å². The van der Waals surface area contributed by atoms with Crippen LogP contribution in [0.4, 0.5) is 15.8 Å². The van der Waals surface area contributed by atoms with E-state index in [1.54, 1.807) is 42.5 Å². The molecule has 0 radical (unpaired) electrons. The van der Waals surface area contributed by atoms with E-state index in [0.717, 1.165) is 5.56 Å². The monoisotopic (exact) mass is 418 g/mol. The van der Waals surface area contributed by atoms with E-state index >= 15 is 0 Å². The van der Waals surface area contributed by atoms with Gasteiger partial charge >= 0.3 is 0 Å². The molecule has 0 aliphatic carbocycles. The molecule has 0 bridgehead atoms. The Morgan fingerprint density at radius 3 is 2.42 bits per heavy atom. The minimum absolute atomic E-state index is 0.00735. The number of carbonyl (C=O) groups excluding carboxylic acids is 2. The van der Waals surface area contributed by atoms with Crippen molar-refractivity contribution in [2.45, 2.75) is 6.92 Å². The summed E-state index contributed by atoms with van der Waals surface area (Å²) < 4.78 is 25.1. The van der Waals surface area contributed by atoms with Crippen LogP contribution in [0.5, 0.6) is 5.75 Å². The van der Waals surface area contributed by atoms with Crippen molar-refractivity contribution in [3.05, 3.63) is 89.9 Å². The zero-order chi connectivity index (χ0) is 21.8. The fourth-order valence-corrected chi connectivity index (χ4v) is 3.03. The highest BCUT2D eigenvalue weighted by molar-refractivity contribution is 6.14.